The van der Waals surface area contributed by atoms with Crippen LogP contribution in [0.25, 0.3) is 0 Å². The first-order valence-electron chi connectivity index (χ1n) is 6.01. The highest BCUT2D eigenvalue weighted by Crippen LogP contribution is 2.26. The molecule has 6 nitrogen and oxygen atoms in total. The van der Waals surface area contributed by atoms with Gasteiger partial charge in [-0.2, -0.15) is 0 Å². The molecular weight excluding hydrogens is 264 g/mol. The maximum atomic E-state index is 11.9. The summed E-state index contributed by atoms with van der Waals surface area (Å²) in [5.41, 5.74) is 0.0210. The van der Waals surface area contributed by atoms with E-state index in [2.05, 4.69) is 0 Å². The fraction of sp³-hybridized carbons (Fsp3) is 0.357. The highest BCUT2D eigenvalue weighted by Gasteiger charge is 2.18. The monoisotopic (exact) mass is 280 g/mol. The number of benzene rings is 1. The summed E-state index contributed by atoms with van der Waals surface area (Å²) < 4.78 is 14.9. The molecule has 0 radical (unpaired) electrons. The van der Waals surface area contributed by atoms with Gasteiger partial charge in [-0.25, -0.2) is 4.79 Å². The second-order valence-electron chi connectivity index (χ2n) is 4.30. The van der Waals surface area contributed by atoms with Crippen LogP contribution in [0.2, 0.25) is 0 Å². The normalized spacial score (nSPS) is 10.1. The van der Waals surface area contributed by atoms with Crippen LogP contribution in [-0.4, -0.2) is 24.0 Å². The van der Waals surface area contributed by atoms with Crippen LogP contribution in [-0.2, 0) is 14.3 Å². The summed E-state index contributed by atoms with van der Waals surface area (Å²) in [4.78, 5) is 33.9. The largest absolute Gasteiger partial charge is 0.459 e. The minimum atomic E-state index is -0.662. The number of carbonyl (C=O) groups is 3. The molecule has 0 amide bonds. The zero-order valence-electron chi connectivity index (χ0n) is 11.8. The van der Waals surface area contributed by atoms with Gasteiger partial charge in [0.15, 0.2) is 0 Å². The lowest BCUT2D eigenvalue weighted by Gasteiger charge is -2.12. The minimum absolute atomic E-state index is 0.0210. The first-order chi connectivity index (χ1) is 9.29. The van der Waals surface area contributed by atoms with Gasteiger partial charge >= 0.3 is 17.9 Å². The lowest BCUT2D eigenvalue weighted by molar-refractivity contribution is -0.133. The summed E-state index contributed by atoms with van der Waals surface area (Å²) in [6, 6.07) is 4.09. The molecule has 6 heteroatoms. The molecule has 108 valence electrons. The number of carbonyl (C=O) groups excluding carboxylic acids is 3. The van der Waals surface area contributed by atoms with Gasteiger partial charge < -0.3 is 14.2 Å². The third kappa shape index (κ3) is 4.72. The molecule has 1 rings (SSSR count). The van der Waals surface area contributed by atoms with Crippen molar-refractivity contribution in [1.29, 1.82) is 0 Å². The van der Waals surface area contributed by atoms with Gasteiger partial charge in [-0.05, 0) is 32.0 Å². The lowest BCUT2D eigenvalue weighted by atomic mass is 10.2. The van der Waals surface area contributed by atoms with Crippen molar-refractivity contribution in [3.63, 3.8) is 0 Å². The molecule has 1 aromatic carbocycles. The van der Waals surface area contributed by atoms with Crippen molar-refractivity contribution >= 4 is 17.9 Å². The van der Waals surface area contributed by atoms with E-state index in [1.807, 2.05) is 0 Å². The predicted molar refractivity (Wildman–Crippen MR) is 69.6 cm³/mol. The molecule has 0 fully saturated rings. The van der Waals surface area contributed by atoms with Crippen molar-refractivity contribution < 1.29 is 28.6 Å². The second-order valence-corrected chi connectivity index (χ2v) is 4.30. The van der Waals surface area contributed by atoms with Crippen molar-refractivity contribution in [3.8, 4) is 11.5 Å². The Labute approximate surface area is 116 Å². The van der Waals surface area contributed by atoms with Crippen LogP contribution in [0.3, 0.4) is 0 Å². The van der Waals surface area contributed by atoms with Gasteiger partial charge in [0.1, 0.15) is 17.1 Å². The fourth-order valence-electron chi connectivity index (χ4n) is 1.42. The molecule has 0 aromatic heterocycles. The highest BCUT2D eigenvalue weighted by molar-refractivity contribution is 5.94. The zero-order valence-corrected chi connectivity index (χ0v) is 11.8. The Hall–Kier alpha value is -2.37. The van der Waals surface area contributed by atoms with E-state index >= 15 is 0 Å². The molecule has 0 aliphatic rings. The quantitative estimate of drug-likeness (QED) is 0.620. The first kappa shape index (κ1) is 15.7. The van der Waals surface area contributed by atoms with Crippen molar-refractivity contribution in [1.82, 2.24) is 0 Å². The smallest absolute Gasteiger partial charge is 0.342 e. The Balaban J connectivity index is 3.14. The molecule has 0 aliphatic heterocycles. The third-order valence-electron chi connectivity index (χ3n) is 2.03. The fourth-order valence-corrected chi connectivity index (χ4v) is 1.42. The third-order valence-corrected chi connectivity index (χ3v) is 2.03. The van der Waals surface area contributed by atoms with Crippen LogP contribution in [0, 0.1) is 0 Å². The maximum Gasteiger partial charge on any atom is 0.342 e. The van der Waals surface area contributed by atoms with Gasteiger partial charge in [-0.15, -0.1) is 0 Å². The maximum absolute atomic E-state index is 11.9. The summed E-state index contributed by atoms with van der Waals surface area (Å²) in [5.74, 6) is -1.52. The van der Waals surface area contributed by atoms with E-state index in [1.54, 1.807) is 13.8 Å². The van der Waals surface area contributed by atoms with Gasteiger partial charge in [0.25, 0.3) is 0 Å². The van der Waals surface area contributed by atoms with E-state index in [-0.39, 0.29) is 23.2 Å². The van der Waals surface area contributed by atoms with E-state index in [9.17, 15) is 14.4 Å². The van der Waals surface area contributed by atoms with Crippen LogP contribution in [0.1, 0.15) is 38.1 Å². The zero-order chi connectivity index (χ0) is 15.3. The number of hydrogen-bond acceptors (Lipinski definition) is 6. The Kier molecular flexibility index (Phi) is 5.25. The molecule has 1 aromatic rings. The molecule has 0 heterocycles. The molecule has 0 atom stereocenters. The Morgan fingerprint density at radius 3 is 2.10 bits per heavy atom. The molecule has 0 saturated carbocycles. The van der Waals surface area contributed by atoms with E-state index in [4.69, 9.17) is 14.2 Å². The summed E-state index contributed by atoms with van der Waals surface area (Å²) in [7, 11) is 0. The molecule has 0 N–H and O–H groups in total. The van der Waals surface area contributed by atoms with Crippen molar-refractivity contribution in [2.45, 2.75) is 33.8 Å². The van der Waals surface area contributed by atoms with Crippen LogP contribution >= 0.6 is 0 Å². The molecular formula is C14H16O6. The van der Waals surface area contributed by atoms with E-state index in [0.29, 0.717) is 0 Å². The van der Waals surface area contributed by atoms with Gasteiger partial charge in [0.05, 0.1) is 6.10 Å². The molecule has 20 heavy (non-hydrogen) atoms. The summed E-state index contributed by atoms with van der Waals surface area (Å²) in [6.07, 6.45) is -0.329. The SMILES string of the molecule is CC(=O)Oc1ccc(OC(C)=O)c(C(=O)OC(C)C)c1. The Morgan fingerprint density at radius 2 is 1.60 bits per heavy atom. The van der Waals surface area contributed by atoms with Crippen LogP contribution in [0.5, 0.6) is 11.5 Å². The van der Waals surface area contributed by atoms with Crippen LogP contribution in [0.4, 0.5) is 0 Å². The van der Waals surface area contributed by atoms with E-state index in [0.717, 1.165) is 0 Å². The summed E-state index contributed by atoms with van der Waals surface area (Å²) >= 11 is 0. The molecule has 0 unspecified atom stereocenters. The highest BCUT2D eigenvalue weighted by atomic mass is 16.6. The average Bonchev–Trinajstić information content (AvgIpc) is 2.28. The van der Waals surface area contributed by atoms with Gasteiger partial charge in [0.2, 0.25) is 0 Å². The van der Waals surface area contributed by atoms with Gasteiger partial charge in [-0.3, -0.25) is 9.59 Å². The number of esters is 3. The number of rotatable bonds is 4. The lowest BCUT2D eigenvalue weighted by Crippen LogP contribution is -2.14. The van der Waals surface area contributed by atoms with Crippen LogP contribution in [0.15, 0.2) is 18.2 Å². The summed E-state index contributed by atoms with van der Waals surface area (Å²) in [6.45, 7) is 5.85. The molecule has 0 spiro atoms. The molecule has 0 bridgehead atoms. The first-order valence-corrected chi connectivity index (χ1v) is 6.01. The number of ether oxygens (including phenoxy) is 3. The van der Waals surface area contributed by atoms with Crippen molar-refractivity contribution in [2.24, 2.45) is 0 Å². The average molecular weight is 280 g/mol. The minimum Gasteiger partial charge on any atom is -0.459 e. The van der Waals surface area contributed by atoms with Crippen molar-refractivity contribution in [2.75, 3.05) is 0 Å². The molecule has 0 saturated heterocycles. The van der Waals surface area contributed by atoms with Gasteiger partial charge in [-0.1, -0.05) is 0 Å². The van der Waals surface area contributed by atoms with Crippen LogP contribution < -0.4 is 9.47 Å². The van der Waals surface area contributed by atoms with Crippen molar-refractivity contribution in [3.05, 3.63) is 23.8 Å². The van der Waals surface area contributed by atoms with E-state index < -0.39 is 17.9 Å². The second kappa shape index (κ2) is 6.70. The Morgan fingerprint density at radius 1 is 1.00 bits per heavy atom. The van der Waals surface area contributed by atoms with E-state index in [1.165, 1.54) is 32.0 Å². The predicted octanol–water partition coefficient (Wildman–Crippen LogP) is 2.10. The molecule has 0 aliphatic carbocycles. The number of hydrogen-bond donors (Lipinski definition) is 0. The summed E-state index contributed by atoms with van der Waals surface area (Å²) in [5, 5.41) is 0. The van der Waals surface area contributed by atoms with Gasteiger partial charge in [0, 0.05) is 13.8 Å². The Bertz CT molecular complexity index is 532. The standard InChI is InChI=1S/C14H16O6/c1-8(2)18-14(17)12-7-11(19-9(3)15)5-6-13(12)20-10(4)16/h5-8H,1-4H3. The topological polar surface area (TPSA) is 78.9 Å².